The topological polar surface area (TPSA) is 97.4 Å². The molecule has 0 aliphatic carbocycles. The molecule has 136 valence electrons. The lowest BCUT2D eigenvalue weighted by Crippen LogP contribution is -2.40. The molecule has 0 spiro atoms. The molecular formula is C17H18N4O4S. The second kappa shape index (κ2) is 6.67. The van der Waals surface area contributed by atoms with Gasteiger partial charge in [-0.1, -0.05) is 0 Å². The number of morpholine rings is 1. The van der Waals surface area contributed by atoms with E-state index in [-0.39, 0.29) is 4.90 Å². The number of ether oxygens (including phenoxy) is 2. The van der Waals surface area contributed by atoms with E-state index in [9.17, 15) is 8.42 Å². The highest BCUT2D eigenvalue weighted by Gasteiger charge is 2.27. The zero-order valence-electron chi connectivity index (χ0n) is 14.2. The number of pyridine rings is 1. The first-order valence-electron chi connectivity index (χ1n) is 8.15. The normalized spacial score (nSPS) is 16.0. The van der Waals surface area contributed by atoms with Crippen molar-refractivity contribution in [3.8, 4) is 16.9 Å². The minimum Gasteiger partial charge on any atom is -0.496 e. The second-order valence-corrected chi connectivity index (χ2v) is 7.85. The fourth-order valence-corrected chi connectivity index (χ4v) is 4.43. The average molecular weight is 374 g/mol. The summed E-state index contributed by atoms with van der Waals surface area (Å²) in [7, 11) is -2.04. The monoisotopic (exact) mass is 374 g/mol. The zero-order valence-corrected chi connectivity index (χ0v) is 15.0. The van der Waals surface area contributed by atoms with E-state index in [0.29, 0.717) is 43.3 Å². The first-order chi connectivity index (χ1) is 12.6. The lowest BCUT2D eigenvalue weighted by atomic mass is 10.1. The van der Waals surface area contributed by atoms with Crippen molar-refractivity contribution in [3.63, 3.8) is 0 Å². The maximum atomic E-state index is 12.9. The Bertz CT molecular complexity index is 1040. The van der Waals surface area contributed by atoms with E-state index in [1.807, 2.05) is 6.07 Å². The molecule has 1 aromatic carbocycles. The van der Waals surface area contributed by atoms with Crippen LogP contribution in [0.5, 0.6) is 5.75 Å². The molecule has 3 aromatic rings. The summed E-state index contributed by atoms with van der Waals surface area (Å²) in [6.07, 6.45) is 3.34. The molecule has 0 radical (unpaired) electrons. The second-order valence-electron chi connectivity index (χ2n) is 5.91. The molecule has 1 saturated heterocycles. The van der Waals surface area contributed by atoms with Crippen LogP contribution in [-0.4, -0.2) is 61.3 Å². The molecule has 0 saturated carbocycles. The molecule has 2 aromatic heterocycles. The first kappa shape index (κ1) is 17.0. The van der Waals surface area contributed by atoms with Crippen molar-refractivity contribution in [1.82, 2.24) is 19.5 Å². The van der Waals surface area contributed by atoms with Gasteiger partial charge < -0.3 is 9.47 Å². The van der Waals surface area contributed by atoms with Crippen molar-refractivity contribution in [2.75, 3.05) is 33.4 Å². The van der Waals surface area contributed by atoms with Gasteiger partial charge in [-0.05, 0) is 24.3 Å². The number of aromatic nitrogens is 3. The third-order valence-electron chi connectivity index (χ3n) is 4.38. The van der Waals surface area contributed by atoms with E-state index < -0.39 is 10.0 Å². The highest BCUT2D eigenvalue weighted by atomic mass is 32.2. The van der Waals surface area contributed by atoms with Gasteiger partial charge in [0.15, 0.2) is 5.65 Å². The maximum Gasteiger partial charge on any atom is 0.243 e. The fourth-order valence-electron chi connectivity index (χ4n) is 2.99. The summed E-state index contributed by atoms with van der Waals surface area (Å²) < 4.78 is 38.0. The fraction of sp³-hybridized carbons (Fsp3) is 0.294. The Morgan fingerprint density at radius 3 is 2.77 bits per heavy atom. The predicted molar refractivity (Wildman–Crippen MR) is 95.5 cm³/mol. The Labute approximate surface area is 150 Å². The van der Waals surface area contributed by atoms with Crippen LogP contribution >= 0.6 is 0 Å². The van der Waals surface area contributed by atoms with E-state index in [1.165, 1.54) is 4.31 Å². The highest BCUT2D eigenvalue weighted by molar-refractivity contribution is 7.89. The number of methoxy groups -OCH3 is 1. The molecule has 0 amide bonds. The van der Waals surface area contributed by atoms with Crippen LogP contribution in [0, 0.1) is 0 Å². The van der Waals surface area contributed by atoms with E-state index in [4.69, 9.17) is 9.47 Å². The van der Waals surface area contributed by atoms with E-state index in [0.717, 1.165) is 10.9 Å². The Hall–Kier alpha value is -2.49. The quantitative estimate of drug-likeness (QED) is 0.746. The van der Waals surface area contributed by atoms with Crippen LogP contribution in [0.3, 0.4) is 0 Å². The summed E-state index contributed by atoms with van der Waals surface area (Å²) in [6.45, 7) is 1.52. The summed E-state index contributed by atoms with van der Waals surface area (Å²) in [5.74, 6) is 0.579. The molecular weight excluding hydrogens is 356 g/mol. The van der Waals surface area contributed by atoms with Crippen LogP contribution in [0.4, 0.5) is 0 Å². The molecule has 0 atom stereocenters. The van der Waals surface area contributed by atoms with Gasteiger partial charge in [0.1, 0.15) is 5.75 Å². The first-order valence-corrected chi connectivity index (χ1v) is 9.59. The van der Waals surface area contributed by atoms with Gasteiger partial charge in [0.25, 0.3) is 0 Å². The van der Waals surface area contributed by atoms with E-state index >= 15 is 0 Å². The lowest BCUT2D eigenvalue weighted by Gasteiger charge is -2.26. The highest BCUT2D eigenvalue weighted by Crippen LogP contribution is 2.33. The molecule has 8 nitrogen and oxygen atoms in total. The number of rotatable bonds is 4. The Balaban J connectivity index is 1.80. The van der Waals surface area contributed by atoms with Gasteiger partial charge >= 0.3 is 0 Å². The van der Waals surface area contributed by atoms with Crippen molar-refractivity contribution in [2.45, 2.75) is 4.90 Å². The molecule has 3 heterocycles. The number of nitrogens with zero attached hydrogens (tertiary/aromatic N) is 3. The molecule has 4 rings (SSSR count). The number of benzene rings is 1. The largest absolute Gasteiger partial charge is 0.496 e. The summed E-state index contributed by atoms with van der Waals surface area (Å²) in [5, 5.41) is 7.60. The van der Waals surface area contributed by atoms with Crippen molar-refractivity contribution in [1.29, 1.82) is 0 Å². The molecule has 1 fully saturated rings. The molecule has 1 N–H and O–H groups in total. The number of hydrogen-bond donors (Lipinski definition) is 1. The summed E-state index contributed by atoms with van der Waals surface area (Å²) >= 11 is 0. The summed E-state index contributed by atoms with van der Waals surface area (Å²) in [6, 6.07) is 6.76. The summed E-state index contributed by atoms with van der Waals surface area (Å²) in [5.41, 5.74) is 2.09. The number of sulfonamides is 1. The Kier molecular flexibility index (Phi) is 4.35. The van der Waals surface area contributed by atoms with Gasteiger partial charge in [-0.25, -0.2) is 13.4 Å². The molecule has 0 unspecified atom stereocenters. The van der Waals surface area contributed by atoms with Crippen LogP contribution in [-0.2, 0) is 14.8 Å². The van der Waals surface area contributed by atoms with Crippen LogP contribution in [0.25, 0.3) is 22.2 Å². The van der Waals surface area contributed by atoms with Gasteiger partial charge in [-0.15, -0.1) is 0 Å². The van der Waals surface area contributed by atoms with Crippen molar-refractivity contribution >= 4 is 21.1 Å². The third-order valence-corrected chi connectivity index (χ3v) is 6.28. The van der Waals surface area contributed by atoms with E-state index in [2.05, 4.69) is 15.2 Å². The van der Waals surface area contributed by atoms with Crippen LogP contribution < -0.4 is 4.74 Å². The minimum absolute atomic E-state index is 0.225. The summed E-state index contributed by atoms with van der Waals surface area (Å²) in [4.78, 5) is 4.55. The van der Waals surface area contributed by atoms with Crippen LogP contribution in [0.2, 0.25) is 0 Å². The molecule has 26 heavy (non-hydrogen) atoms. The number of nitrogens with one attached hydrogen (secondary N) is 1. The molecule has 9 heteroatoms. The minimum atomic E-state index is -3.59. The van der Waals surface area contributed by atoms with Crippen LogP contribution in [0.1, 0.15) is 0 Å². The number of hydrogen-bond acceptors (Lipinski definition) is 6. The van der Waals surface area contributed by atoms with Gasteiger partial charge in [0.2, 0.25) is 10.0 Å². The van der Waals surface area contributed by atoms with Gasteiger partial charge in [-0.3, -0.25) is 5.10 Å². The molecule has 1 aliphatic heterocycles. The predicted octanol–water partition coefficient (Wildman–Crippen LogP) is 1.65. The maximum absolute atomic E-state index is 12.9. The Morgan fingerprint density at radius 2 is 2.00 bits per heavy atom. The molecule has 1 aliphatic rings. The van der Waals surface area contributed by atoms with Crippen molar-refractivity contribution in [3.05, 3.63) is 36.7 Å². The van der Waals surface area contributed by atoms with Gasteiger partial charge in [0, 0.05) is 35.8 Å². The molecule has 0 bridgehead atoms. The van der Waals surface area contributed by atoms with Gasteiger partial charge in [-0.2, -0.15) is 9.40 Å². The number of H-pyrrole nitrogens is 1. The Morgan fingerprint density at radius 1 is 1.19 bits per heavy atom. The van der Waals surface area contributed by atoms with E-state index in [1.54, 1.807) is 37.7 Å². The van der Waals surface area contributed by atoms with Gasteiger partial charge in [0.05, 0.1) is 31.4 Å². The lowest BCUT2D eigenvalue weighted by molar-refractivity contribution is 0.0730. The van der Waals surface area contributed by atoms with Crippen molar-refractivity contribution < 1.29 is 17.9 Å². The smallest absolute Gasteiger partial charge is 0.243 e. The number of fused-ring (bicyclic) bond motifs is 1. The average Bonchev–Trinajstić information content (AvgIpc) is 3.16. The van der Waals surface area contributed by atoms with Crippen molar-refractivity contribution in [2.24, 2.45) is 0 Å². The third kappa shape index (κ3) is 2.94. The number of aromatic amines is 1. The SMILES string of the molecule is COc1ccc(S(=O)(=O)N2CCOCC2)cc1-c1cnc2[nH]ncc2c1. The standard InChI is InChI=1S/C17H18N4O4S/c1-24-16-3-2-14(26(22,23)21-4-6-25-7-5-21)9-15(16)12-8-13-11-19-20-17(13)18-10-12/h2-3,8-11H,4-7H2,1H3,(H,18,19,20). The van der Waals surface area contributed by atoms with Crippen LogP contribution in [0.15, 0.2) is 41.6 Å². The zero-order chi connectivity index (χ0) is 18.1.